The molecule has 2 atom stereocenters. The van der Waals surface area contributed by atoms with E-state index in [1.165, 1.54) is 83.5 Å². The normalized spacial score (nSPS) is 14.1. The lowest BCUT2D eigenvalue weighted by molar-refractivity contribution is -0.870. The maximum Gasteiger partial charge on any atom is 0.472 e. The highest BCUT2D eigenvalue weighted by atomic mass is 31.2. The number of allylic oxidation sites excluding steroid dienone is 10. The van der Waals surface area contributed by atoms with E-state index in [4.69, 9.17) is 18.5 Å². The Kier molecular flexibility index (Phi) is 37.6. The Hall–Kier alpha value is -2.29. The zero-order chi connectivity index (χ0) is 42.1. The summed E-state index contributed by atoms with van der Waals surface area (Å²) in [5.74, 6) is -0.866. The number of ether oxygens (including phenoxy) is 2. The summed E-state index contributed by atoms with van der Waals surface area (Å²) in [5, 5.41) is 0. The van der Waals surface area contributed by atoms with Crippen molar-refractivity contribution in [1.29, 1.82) is 0 Å². The number of carbonyl (C=O) groups excluding carboxylic acids is 2. The van der Waals surface area contributed by atoms with E-state index >= 15 is 0 Å². The Morgan fingerprint density at radius 3 is 1.47 bits per heavy atom. The van der Waals surface area contributed by atoms with Gasteiger partial charge in [0, 0.05) is 12.8 Å². The van der Waals surface area contributed by atoms with E-state index in [9.17, 15) is 19.0 Å². The van der Waals surface area contributed by atoms with Crippen LogP contribution < -0.4 is 0 Å². The monoisotopic (exact) mass is 823 g/mol. The molecule has 0 aliphatic carbocycles. The van der Waals surface area contributed by atoms with Gasteiger partial charge < -0.3 is 18.9 Å². The van der Waals surface area contributed by atoms with Crippen molar-refractivity contribution in [2.24, 2.45) is 0 Å². The molecule has 1 N–H and O–H groups in total. The van der Waals surface area contributed by atoms with Crippen LogP contribution in [0.5, 0.6) is 0 Å². The van der Waals surface area contributed by atoms with Gasteiger partial charge in [-0.05, 0) is 51.4 Å². The number of esters is 2. The lowest BCUT2D eigenvalue weighted by Crippen LogP contribution is -2.37. The van der Waals surface area contributed by atoms with Gasteiger partial charge in [-0.1, -0.05) is 171 Å². The summed E-state index contributed by atoms with van der Waals surface area (Å²) in [6.45, 7) is 4.24. The fourth-order valence-electron chi connectivity index (χ4n) is 5.81. The first-order valence-corrected chi connectivity index (χ1v) is 24.0. The van der Waals surface area contributed by atoms with Crippen LogP contribution >= 0.6 is 7.82 Å². The summed E-state index contributed by atoms with van der Waals surface area (Å²) < 4.78 is 34.3. The van der Waals surface area contributed by atoms with Crippen LogP contribution in [0.4, 0.5) is 0 Å². The van der Waals surface area contributed by atoms with Gasteiger partial charge in [0.2, 0.25) is 0 Å². The smallest absolute Gasteiger partial charge is 0.462 e. The maximum absolute atomic E-state index is 12.7. The second-order valence-corrected chi connectivity index (χ2v) is 17.5. The number of likely N-dealkylation sites (N-methyl/N-ethyl adjacent to an activating group) is 1. The number of nitrogens with zero attached hydrogens (tertiary/aromatic N) is 1. The molecule has 1 unspecified atom stereocenters. The van der Waals surface area contributed by atoms with Crippen molar-refractivity contribution >= 4 is 19.8 Å². The molecule has 0 spiro atoms. The van der Waals surface area contributed by atoms with Gasteiger partial charge in [0.1, 0.15) is 19.8 Å². The number of quaternary nitrogens is 1. The molecule has 10 heteroatoms. The zero-order valence-corrected chi connectivity index (χ0v) is 38.0. The lowest BCUT2D eigenvalue weighted by atomic mass is 10.0. The molecule has 0 saturated carbocycles. The Morgan fingerprint density at radius 2 is 1.00 bits per heavy atom. The van der Waals surface area contributed by atoms with Crippen LogP contribution in [-0.4, -0.2) is 74.9 Å². The summed E-state index contributed by atoms with van der Waals surface area (Å²) >= 11 is 0. The van der Waals surface area contributed by atoms with E-state index in [2.05, 4.69) is 68.5 Å². The van der Waals surface area contributed by atoms with Crippen LogP contribution in [0.25, 0.3) is 0 Å². The molecular formula is C47H85NO8P+. The first-order valence-electron chi connectivity index (χ1n) is 22.5. The summed E-state index contributed by atoms with van der Waals surface area (Å²) in [6, 6.07) is 0. The molecule has 0 saturated heterocycles. The predicted octanol–water partition coefficient (Wildman–Crippen LogP) is 12.9. The average molecular weight is 823 g/mol. The zero-order valence-electron chi connectivity index (χ0n) is 37.1. The second kappa shape index (κ2) is 39.2. The molecule has 0 heterocycles. The largest absolute Gasteiger partial charge is 0.472 e. The quantitative estimate of drug-likeness (QED) is 0.0214. The minimum Gasteiger partial charge on any atom is -0.462 e. The molecular weight excluding hydrogens is 737 g/mol. The highest BCUT2D eigenvalue weighted by Crippen LogP contribution is 2.43. The van der Waals surface area contributed by atoms with E-state index < -0.39 is 26.5 Å². The maximum atomic E-state index is 12.7. The number of hydrogen-bond donors (Lipinski definition) is 1. The molecule has 0 bridgehead atoms. The van der Waals surface area contributed by atoms with Gasteiger partial charge in [-0.25, -0.2) is 4.57 Å². The second-order valence-electron chi connectivity index (χ2n) is 16.1. The van der Waals surface area contributed by atoms with Crippen molar-refractivity contribution in [1.82, 2.24) is 0 Å². The number of phosphoric ester groups is 1. The molecule has 0 aromatic rings. The van der Waals surface area contributed by atoms with Gasteiger partial charge in [-0.3, -0.25) is 18.6 Å². The van der Waals surface area contributed by atoms with Crippen molar-refractivity contribution in [3.8, 4) is 0 Å². The highest BCUT2D eigenvalue weighted by molar-refractivity contribution is 7.47. The van der Waals surface area contributed by atoms with Gasteiger partial charge in [0.25, 0.3) is 0 Å². The van der Waals surface area contributed by atoms with Crippen LogP contribution in [0, 0.1) is 0 Å². The molecule has 0 radical (unpaired) electrons. The van der Waals surface area contributed by atoms with Crippen LogP contribution in [0.15, 0.2) is 60.8 Å². The van der Waals surface area contributed by atoms with Crippen molar-refractivity contribution in [2.75, 3.05) is 47.5 Å². The Morgan fingerprint density at radius 1 is 0.561 bits per heavy atom. The molecule has 0 aliphatic rings. The summed E-state index contributed by atoms with van der Waals surface area (Å²) in [7, 11) is 1.44. The fourth-order valence-corrected chi connectivity index (χ4v) is 6.56. The molecule has 0 fully saturated rings. The van der Waals surface area contributed by atoms with E-state index in [0.29, 0.717) is 23.9 Å². The standard InChI is InChI=1S/C47H84NO8P/c1-6-8-10-12-14-16-18-20-22-24-26-28-30-32-34-36-38-40-47(50)56-45(44-55-57(51,52)54-42-41-48(3,4)5)43-53-46(49)39-37-35-33-31-29-27-25-23-21-19-17-15-13-11-9-7-2/h8,10,14,16,20,22,26,28,32,34,45H,6-7,9,11-13,15,17-19,21,23-25,27,29-31,33,35-44H2,1-5H3/p+1/b10-8-,16-14-,22-20-,28-26-,34-32-/t45-/m1/s1. The van der Waals surface area contributed by atoms with Gasteiger partial charge in [-0.15, -0.1) is 0 Å². The molecule has 0 rings (SSSR count). The highest BCUT2D eigenvalue weighted by Gasteiger charge is 2.27. The third-order valence-corrected chi connectivity index (χ3v) is 10.3. The number of unbranched alkanes of at least 4 members (excludes halogenated alkanes) is 16. The van der Waals surface area contributed by atoms with Gasteiger partial charge >= 0.3 is 19.8 Å². The average Bonchev–Trinajstić information content (AvgIpc) is 3.16. The van der Waals surface area contributed by atoms with Gasteiger partial charge in [0.15, 0.2) is 6.10 Å². The molecule has 57 heavy (non-hydrogen) atoms. The predicted molar refractivity (Wildman–Crippen MR) is 238 cm³/mol. The van der Waals surface area contributed by atoms with Crippen molar-refractivity contribution in [3.05, 3.63) is 60.8 Å². The molecule has 0 aromatic heterocycles. The fraction of sp³-hybridized carbons (Fsp3) is 0.745. The Labute approximate surface area is 349 Å². The number of hydrogen-bond acceptors (Lipinski definition) is 7. The molecule has 330 valence electrons. The lowest BCUT2D eigenvalue weighted by Gasteiger charge is -2.24. The minimum atomic E-state index is -4.39. The molecule has 9 nitrogen and oxygen atoms in total. The molecule has 0 aliphatic heterocycles. The Balaban J connectivity index is 4.44. The van der Waals surface area contributed by atoms with Crippen LogP contribution in [0.2, 0.25) is 0 Å². The van der Waals surface area contributed by atoms with Crippen molar-refractivity contribution < 1.29 is 42.1 Å². The minimum absolute atomic E-state index is 0.0197. The molecule has 0 amide bonds. The third kappa shape index (κ3) is 43.1. The van der Waals surface area contributed by atoms with Gasteiger partial charge in [0.05, 0.1) is 27.7 Å². The van der Waals surface area contributed by atoms with Crippen molar-refractivity contribution in [3.63, 3.8) is 0 Å². The van der Waals surface area contributed by atoms with E-state index in [1.54, 1.807) is 0 Å². The van der Waals surface area contributed by atoms with Gasteiger partial charge in [-0.2, -0.15) is 0 Å². The third-order valence-electron chi connectivity index (χ3n) is 9.31. The Bertz CT molecular complexity index is 1160. The number of phosphoric acid groups is 1. The number of carbonyl (C=O) groups is 2. The SMILES string of the molecule is CC/C=C\C/C=C\C/C=C\C/C=C\C/C=C\CCCC(=O)O[C@H](COC(=O)CCCCCCCCCCCCCCCCCC)COP(=O)(O)OCC[N+](C)(C)C. The van der Waals surface area contributed by atoms with Crippen LogP contribution in [-0.2, 0) is 32.7 Å². The summed E-state index contributed by atoms with van der Waals surface area (Å²) in [5.41, 5.74) is 0. The first-order chi connectivity index (χ1) is 27.5. The summed E-state index contributed by atoms with van der Waals surface area (Å²) in [4.78, 5) is 35.4. The van der Waals surface area contributed by atoms with Crippen molar-refractivity contribution in [2.45, 2.75) is 180 Å². The van der Waals surface area contributed by atoms with E-state index in [1.807, 2.05) is 27.2 Å². The first kappa shape index (κ1) is 54.7. The topological polar surface area (TPSA) is 108 Å². The summed E-state index contributed by atoms with van der Waals surface area (Å²) in [6.07, 6.45) is 47.0. The van der Waals surface area contributed by atoms with Crippen LogP contribution in [0.3, 0.4) is 0 Å². The van der Waals surface area contributed by atoms with Crippen LogP contribution in [0.1, 0.15) is 174 Å². The van der Waals surface area contributed by atoms with E-state index in [0.717, 1.165) is 51.4 Å². The van der Waals surface area contributed by atoms with E-state index in [-0.39, 0.29) is 32.0 Å². The number of rotatable bonds is 40. The molecule has 0 aromatic carbocycles.